The third-order valence-corrected chi connectivity index (χ3v) is 4.08. The second-order valence-corrected chi connectivity index (χ2v) is 5.64. The Hall–Kier alpha value is -2.08. The van der Waals surface area contributed by atoms with E-state index in [2.05, 4.69) is 17.3 Å². The van der Waals surface area contributed by atoms with Crippen LogP contribution in [-0.4, -0.2) is 62.0 Å². The highest BCUT2D eigenvalue weighted by Crippen LogP contribution is 2.18. The van der Waals surface area contributed by atoms with Crippen LogP contribution in [0.15, 0.2) is 24.3 Å². The van der Waals surface area contributed by atoms with Gasteiger partial charge in [-0.15, -0.1) is 0 Å². The first-order valence-corrected chi connectivity index (χ1v) is 7.42. The first kappa shape index (κ1) is 16.3. The Morgan fingerprint density at radius 2 is 2.00 bits per heavy atom. The number of benzene rings is 1. The van der Waals surface area contributed by atoms with E-state index >= 15 is 0 Å². The van der Waals surface area contributed by atoms with Gasteiger partial charge in [0.2, 0.25) is 0 Å². The van der Waals surface area contributed by atoms with E-state index in [9.17, 15) is 9.59 Å². The van der Waals surface area contributed by atoms with Crippen LogP contribution in [0.25, 0.3) is 0 Å². The van der Waals surface area contributed by atoms with E-state index in [0.29, 0.717) is 11.4 Å². The zero-order valence-electron chi connectivity index (χ0n) is 13.3. The van der Waals surface area contributed by atoms with Gasteiger partial charge in [-0.2, -0.15) is 0 Å². The molecule has 0 unspecified atom stereocenters. The van der Waals surface area contributed by atoms with E-state index < -0.39 is 11.8 Å². The van der Waals surface area contributed by atoms with Gasteiger partial charge in [-0.25, -0.2) is 0 Å². The van der Waals surface area contributed by atoms with E-state index in [1.807, 2.05) is 0 Å². The molecule has 1 N–H and O–H groups in total. The predicted molar refractivity (Wildman–Crippen MR) is 84.9 cm³/mol. The lowest BCUT2D eigenvalue weighted by Crippen LogP contribution is -2.47. The Morgan fingerprint density at radius 1 is 1.32 bits per heavy atom. The van der Waals surface area contributed by atoms with Gasteiger partial charge in [-0.3, -0.25) is 9.59 Å². The molecule has 120 valence electrons. The number of likely N-dealkylation sites (N-methyl/N-ethyl adjacent to an activating group) is 1. The van der Waals surface area contributed by atoms with E-state index in [-0.39, 0.29) is 6.04 Å². The van der Waals surface area contributed by atoms with Crippen LogP contribution >= 0.6 is 0 Å². The maximum absolute atomic E-state index is 12.3. The van der Waals surface area contributed by atoms with Gasteiger partial charge in [0.15, 0.2) is 0 Å². The van der Waals surface area contributed by atoms with Crippen molar-refractivity contribution < 1.29 is 14.3 Å². The van der Waals surface area contributed by atoms with Crippen LogP contribution in [0.1, 0.15) is 12.8 Å². The molecule has 6 heteroatoms. The molecule has 2 rings (SSSR count). The molecule has 1 heterocycles. The van der Waals surface area contributed by atoms with Gasteiger partial charge >= 0.3 is 11.8 Å². The third-order valence-electron chi connectivity index (χ3n) is 4.08. The molecule has 1 aromatic rings. The zero-order valence-corrected chi connectivity index (χ0v) is 13.3. The Labute approximate surface area is 131 Å². The van der Waals surface area contributed by atoms with Crippen molar-refractivity contribution in [1.82, 2.24) is 9.80 Å². The van der Waals surface area contributed by atoms with E-state index in [4.69, 9.17) is 4.74 Å². The SMILES string of the molecule is COc1cccc(NC(=O)C(=O)N(C)C2CCN(C)CC2)c1. The topological polar surface area (TPSA) is 61.9 Å². The first-order valence-electron chi connectivity index (χ1n) is 7.42. The highest BCUT2D eigenvalue weighted by Gasteiger charge is 2.27. The summed E-state index contributed by atoms with van der Waals surface area (Å²) in [6, 6.07) is 7.07. The van der Waals surface area contributed by atoms with Crippen LogP contribution in [0.3, 0.4) is 0 Å². The van der Waals surface area contributed by atoms with Crippen LogP contribution in [0.2, 0.25) is 0 Å². The van der Waals surface area contributed by atoms with Crippen LogP contribution in [0.4, 0.5) is 5.69 Å². The summed E-state index contributed by atoms with van der Waals surface area (Å²) in [4.78, 5) is 28.1. The number of carbonyl (C=O) groups excluding carboxylic acids is 2. The molecule has 1 saturated heterocycles. The highest BCUT2D eigenvalue weighted by atomic mass is 16.5. The monoisotopic (exact) mass is 305 g/mol. The van der Waals surface area contributed by atoms with Crippen molar-refractivity contribution in [1.29, 1.82) is 0 Å². The van der Waals surface area contributed by atoms with Gasteiger partial charge < -0.3 is 19.9 Å². The minimum Gasteiger partial charge on any atom is -0.497 e. The van der Waals surface area contributed by atoms with Crippen molar-refractivity contribution in [3.63, 3.8) is 0 Å². The molecule has 0 spiro atoms. The van der Waals surface area contributed by atoms with Gasteiger partial charge in [0.05, 0.1) is 7.11 Å². The molecule has 1 aromatic carbocycles. The number of piperidine rings is 1. The van der Waals surface area contributed by atoms with Gasteiger partial charge in [0.1, 0.15) is 5.75 Å². The number of nitrogens with zero attached hydrogens (tertiary/aromatic N) is 2. The number of ether oxygens (including phenoxy) is 1. The molecule has 22 heavy (non-hydrogen) atoms. The minimum absolute atomic E-state index is 0.125. The lowest BCUT2D eigenvalue weighted by atomic mass is 10.0. The highest BCUT2D eigenvalue weighted by molar-refractivity contribution is 6.39. The lowest BCUT2D eigenvalue weighted by molar-refractivity contribution is -0.144. The largest absolute Gasteiger partial charge is 0.497 e. The van der Waals surface area contributed by atoms with Crippen molar-refractivity contribution in [2.24, 2.45) is 0 Å². The fourth-order valence-electron chi connectivity index (χ4n) is 2.59. The fraction of sp³-hybridized carbons (Fsp3) is 0.500. The molecule has 1 aliphatic rings. The standard InChI is InChI=1S/C16H23N3O3/c1-18-9-7-13(8-10-18)19(2)16(21)15(20)17-12-5-4-6-14(11-12)22-3/h4-6,11,13H,7-10H2,1-3H3,(H,17,20). The summed E-state index contributed by atoms with van der Waals surface area (Å²) in [7, 11) is 5.32. The van der Waals surface area contributed by atoms with Crippen LogP contribution in [0, 0.1) is 0 Å². The Bertz CT molecular complexity index is 539. The van der Waals surface area contributed by atoms with Crippen LogP contribution in [-0.2, 0) is 9.59 Å². The first-order chi connectivity index (χ1) is 10.5. The summed E-state index contributed by atoms with van der Waals surface area (Å²) in [5.41, 5.74) is 0.550. The Balaban J connectivity index is 1.94. The molecule has 0 bridgehead atoms. The Kier molecular flexibility index (Phi) is 5.38. The van der Waals surface area contributed by atoms with E-state index in [0.717, 1.165) is 25.9 Å². The molecule has 0 aliphatic carbocycles. The molecular weight excluding hydrogens is 282 g/mol. The molecule has 0 atom stereocenters. The van der Waals surface area contributed by atoms with E-state index in [1.54, 1.807) is 43.3 Å². The number of likely N-dealkylation sites (tertiary alicyclic amines) is 1. The summed E-state index contributed by atoms with van der Waals surface area (Å²) >= 11 is 0. The van der Waals surface area contributed by atoms with Crippen molar-refractivity contribution in [3.05, 3.63) is 24.3 Å². The molecule has 0 radical (unpaired) electrons. The number of rotatable bonds is 3. The second kappa shape index (κ2) is 7.26. The number of methoxy groups -OCH3 is 1. The second-order valence-electron chi connectivity index (χ2n) is 5.64. The molecule has 0 saturated carbocycles. The van der Waals surface area contributed by atoms with Crippen LogP contribution in [0.5, 0.6) is 5.75 Å². The van der Waals surface area contributed by atoms with Crippen molar-refractivity contribution >= 4 is 17.5 Å². The number of carbonyl (C=O) groups is 2. The molecule has 0 aromatic heterocycles. The summed E-state index contributed by atoms with van der Waals surface area (Å²) in [6.45, 7) is 1.89. The summed E-state index contributed by atoms with van der Waals surface area (Å²) < 4.78 is 5.10. The van der Waals surface area contributed by atoms with Crippen molar-refractivity contribution in [3.8, 4) is 5.75 Å². The lowest BCUT2D eigenvalue weighted by Gasteiger charge is -2.34. The third kappa shape index (κ3) is 3.98. The molecule has 1 aliphatic heterocycles. The summed E-state index contributed by atoms with van der Waals surface area (Å²) in [5.74, 6) is -0.485. The number of anilines is 1. The number of hydrogen-bond acceptors (Lipinski definition) is 4. The van der Waals surface area contributed by atoms with Gasteiger partial charge in [-0.05, 0) is 45.1 Å². The van der Waals surface area contributed by atoms with Crippen LogP contribution < -0.4 is 10.1 Å². The minimum atomic E-state index is -0.616. The average molecular weight is 305 g/mol. The van der Waals surface area contributed by atoms with Gasteiger partial charge in [0.25, 0.3) is 0 Å². The average Bonchev–Trinajstić information content (AvgIpc) is 2.54. The predicted octanol–water partition coefficient (Wildman–Crippen LogP) is 1.19. The Morgan fingerprint density at radius 3 is 2.64 bits per heavy atom. The fourth-order valence-corrected chi connectivity index (χ4v) is 2.59. The quantitative estimate of drug-likeness (QED) is 0.852. The number of amides is 2. The van der Waals surface area contributed by atoms with Crippen molar-refractivity contribution in [2.45, 2.75) is 18.9 Å². The smallest absolute Gasteiger partial charge is 0.313 e. The van der Waals surface area contributed by atoms with Crippen molar-refractivity contribution in [2.75, 3.05) is 39.6 Å². The zero-order chi connectivity index (χ0) is 16.1. The normalized spacial score (nSPS) is 16.1. The maximum atomic E-state index is 12.3. The molecule has 1 fully saturated rings. The summed E-state index contributed by atoms with van der Waals surface area (Å²) in [6.07, 6.45) is 1.79. The van der Waals surface area contributed by atoms with Gasteiger partial charge in [-0.1, -0.05) is 6.07 Å². The number of hydrogen-bond donors (Lipinski definition) is 1. The van der Waals surface area contributed by atoms with Gasteiger partial charge in [0, 0.05) is 24.8 Å². The molecular formula is C16H23N3O3. The number of nitrogens with one attached hydrogen (secondary N) is 1. The summed E-state index contributed by atoms with van der Waals surface area (Å²) in [5, 5.41) is 2.62. The molecule has 6 nitrogen and oxygen atoms in total. The molecule has 2 amide bonds. The van der Waals surface area contributed by atoms with E-state index in [1.165, 1.54) is 0 Å². The maximum Gasteiger partial charge on any atom is 0.313 e.